The SMILES string of the molecule is O=C(O)[C@H]1CCNC[C@@H]1N1CCCC(Nc2cc(Cl)cc(C(F)(F)F)c2)C1=O. The Morgan fingerprint density at radius 1 is 1.29 bits per heavy atom. The van der Waals surface area contributed by atoms with Gasteiger partial charge in [0, 0.05) is 23.8 Å². The number of halogens is 4. The molecular weight excluding hydrogens is 399 g/mol. The second-order valence-electron chi connectivity index (χ2n) is 7.10. The zero-order valence-electron chi connectivity index (χ0n) is 14.9. The molecule has 2 saturated heterocycles. The van der Waals surface area contributed by atoms with Crippen molar-refractivity contribution in [2.75, 3.05) is 25.0 Å². The number of rotatable bonds is 4. The van der Waals surface area contributed by atoms with E-state index in [2.05, 4.69) is 10.6 Å². The van der Waals surface area contributed by atoms with Gasteiger partial charge in [-0.25, -0.2) is 0 Å². The maximum absolute atomic E-state index is 13.0. The predicted octanol–water partition coefficient (Wildman–Crippen LogP) is 2.82. The molecule has 1 unspecified atom stereocenters. The first-order chi connectivity index (χ1) is 13.2. The van der Waals surface area contributed by atoms with E-state index >= 15 is 0 Å². The monoisotopic (exact) mass is 419 g/mol. The summed E-state index contributed by atoms with van der Waals surface area (Å²) in [5.74, 6) is -1.91. The predicted molar refractivity (Wildman–Crippen MR) is 97.2 cm³/mol. The number of hydrogen-bond donors (Lipinski definition) is 3. The number of alkyl halides is 3. The van der Waals surface area contributed by atoms with E-state index in [1.807, 2.05) is 0 Å². The molecule has 1 aromatic rings. The minimum atomic E-state index is -4.55. The van der Waals surface area contributed by atoms with Gasteiger partial charge in [0.05, 0.1) is 17.5 Å². The van der Waals surface area contributed by atoms with Crippen LogP contribution in [0.15, 0.2) is 18.2 Å². The number of carbonyl (C=O) groups excluding carboxylic acids is 1. The lowest BCUT2D eigenvalue weighted by Crippen LogP contribution is -2.60. The lowest BCUT2D eigenvalue weighted by Gasteiger charge is -2.42. The number of benzene rings is 1. The van der Waals surface area contributed by atoms with Gasteiger partial charge < -0.3 is 20.6 Å². The molecule has 28 heavy (non-hydrogen) atoms. The molecule has 2 heterocycles. The van der Waals surface area contributed by atoms with Gasteiger partial charge in [0.2, 0.25) is 5.91 Å². The van der Waals surface area contributed by atoms with Crippen LogP contribution in [0.2, 0.25) is 5.02 Å². The van der Waals surface area contributed by atoms with Crippen molar-refractivity contribution in [1.29, 1.82) is 0 Å². The Morgan fingerprint density at radius 2 is 2.04 bits per heavy atom. The van der Waals surface area contributed by atoms with Gasteiger partial charge in [-0.2, -0.15) is 13.2 Å². The lowest BCUT2D eigenvalue weighted by molar-refractivity contribution is -0.149. The Bertz CT molecular complexity index is 759. The molecule has 0 aliphatic carbocycles. The molecule has 3 N–H and O–H groups in total. The maximum atomic E-state index is 13.0. The number of nitrogens with zero attached hydrogens (tertiary/aromatic N) is 1. The normalized spacial score (nSPS) is 26.2. The summed E-state index contributed by atoms with van der Waals surface area (Å²) in [7, 11) is 0. The third-order valence-corrected chi connectivity index (χ3v) is 5.42. The zero-order chi connectivity index (χ0) is 20.5. The van der Waals surface area contributed by atoms with E-state index in [0.29, 0.717) is 38.9 Å². The van der Waals surface area contributed by atoms with E-state index in [0.717, 1.165) is 12.1 Å². The van der Waals surface area contributed by atoms with Gasteiger partial charge in [-0.1, -0.05) is 11.6 Å². The van der Waals surface area contributed by atoms with Crippen LogP contribution in [-0.2, 0) is 15.8 Å². The Hall–Kier alpha value is -2.00. The van der Waals surface area contributed by atoms with Crippen molar-refractivity contribution in [2.24, 2.45) is 5.92 Å². The first-order valence-electron chi connectivity index (χ1n) is 9.05. The molecule has 0 saturated carbocycles. The summed E-state index contributed by atoms with van der Waals surface area (Å²) in [6, 6.07) is 1.87. The molecule has 0 aromatic heterocycles. The van der Waals surface area contributed by atoms with Crippen molar-refractivity contribution in [3.63, 3.8) is 0 Å². The average Bonchev–Trinajstić information content (AvgIpc) is 2.62. The summed E-state index contributed by atoms with van der Waals surface area (Å²) < 4.78 is 39.0. The fraction of sp³-hybridized carbons (Fsp3) is 0.556. The number of piperidine rings is 2. The summed E-state index contributed by atoms with van der Waals surface area (Å²) >= 11 is 5.81. The van der Waals surface area contributed by atoms with Crippen LogP contribution in [0.5, 0.6) is 0 Å². The Balaban J connectivity index is 1.78. The summed E-state index contributed by atoms with van der Waals surface area (Å²) in [5, 5.41) is 15.3. The van der Waals surface area contributed by atoms with E-state index in [9.17, 15) is 27.9 Å². The summed E-state index contributed by atoms with van der Waals surface area (Å²) in [4.78, 5) is 26.0. The first kappa shape index (κ1) is 20.7. The largest absolute Gasteiger partial charge is 0.481 e. The van der Waals surface area contributed by atoms with Crippen LogP contribution in [0.4, 0.5) is 18.9 Å². The fourth-order valence-corrected chi connectivity index (χ4v) is 4.09. The molecule has 0 bridgehead atoms. The standard InChI is InChI=1S/C18H21ClF3N3O3/c19-11-6-10(18(20,21)22)7-12(8-11)24-14-2-1-5-25(16(14)26)15-9-23-4-3-13(15)17(27)28/h6-8,13-15,23-24H,1-5,9H2,(H,27,28)/t13-,14?,15-/m0/s1. The number of nitrogens with one attached hydrogen (secondary N) is 2. The second kappa shape index (κ2) is 8.16. The van der Waals surface area contributed by atoms with Crippen molar-refractivity contribution in [2.45, 2.75) is 37.5 Å². The van der Waals surface area contributed by atoms with Gasteiger partial charge in [-0.3, -0.25) is 9.59 Å². The topological polar surface area (TPSA) is 81.7 Å². The fourth-order valence-electron chi connectivity index (χ4n) is 3.86. The van der Waals surface area contributed by atoms with Crippen LogP contribution >= 0.6 is 11.6 Å². The van der Waals surface area contributed by atoms with Crippen LogP contribution in [0, 0.1) is 5.92 Å². The van der Waals surface area contributed by atoms with Crippen molar-refractivity contribution in [3.05, 3.63) is 28.8 Å². The molecule has 3 rings (SSSR count). The molecule has 10 heteroatoms. The number of hydrogen-bond acceptors (Lipinski definition) is 4. The van der Waals surface area contributed by atoms with Crippen molar-refractivity contribution >= 4 is 29.2 Å². The quantitative estimate of drug-likeness (QED) is 0.699. The highest BCUT2D eigenvalue weighted by Gasteiger charge is 2.41. The summed E-state index contributed by atoms with van der Waals surface area (Å²) in [6.45, 7) is 1.38. The van der Waals surface area contributed by atoms with E-state index in [4.69, 9.17) is 11.6 Å². The van der Waals surface area contributed by atoms with Crippen molar-refractivity contribution < 1.29 is 27.9 Å². The summed E-state index contributed by atoms with van der Waals surface area (Å²) in [5.41, 5.74) is -0.790. The molecule has 2 aliphatic heterocycles. The van der Waals surface area contributed by atoms with Crippen molar-refractivity contribution in [3.8, 4) is 0 Å². The number of anilines is 1. The average molecular weight is 420 g/mol. The Morgan fingerprint density at radius 3 is 2.71 bits per heavy atom. The first-order valence-corrected chi connectivity index (χ1v) is 9.43. The molecule has 2 aliphatic rings. The minimum Gasteiger partial charge on any atom is -0.481 e. The maximum Gasteiger partial charge on any atom is 0.416 e. The highest BCUT2D eigenvalue weighted by atomic mass is 35.5. The third-order valence-electron chi connectivity index (χ3n) is 5.21. The molecule has 0 spiro atoms. The number of carboxylic acid groups (broad SMARTS) is 1. The van der Waals surface area contributed by atoms with Gasteiger partial charge in [-0.05, 0) is 44.0 Å². The Labute approximate surface area is 165 Å². The van der Waals surface area contributed by atoms with Gasteiger partial charge in [0.15, 0.2) is 0 Å². The van der Waals surface area contributed by atoms with Crippen LogP contribution in [0.1, 0.15) is 24.8 Å². The molecule has 1 amide bonds. The van der Waals surface area contributed by atoms with Gasteiger partial charge in [0.25, 0.3) is 0 Å². The molecule has 2 fully saturated rings. The zero-order valence-corrected chi connectivity index (χ0v) is 15.7. The smallest absolute Gasteiger partial charge is 0.416 e. The molecule has 0 radical (unpaired) electrons. The van der Waals surface area contributed by atoms with Crippen LogP contribution in [0.25, 0.3) is 0 Å². The van der Waals surface area contributed by atoms with E-state index in [-0.39, 0.29) is 16.6 Å². The van der Waals surface area contributed by atoms with Crippen LogP contribution in [-0.4, -0.2) is 53.6 Å². The highest BCUT2D eigenvalue weighted by molar-refractivity contribution is 6.31. The molecular formula is C18H21ClF3N3O3. The lowest BCUT2D eigenvalue weighted by atomic mass is 9.89. The third kappa shape index (κ3) is 4.52. The minimum absolute atomic E-state index is 0.0835. The van der Waals surface area contributed by atoms with E-state index in [1.165, 1.54) is 6.07 Å². The number of carbonyl (C=O) groups is 2. The number of amides is 1. The van der Waals surface area contributed by atoms with Gasteiger partial charge in [-0.15, -0.1) is 0 Å². The van der Waals surface area contributed by atoms with Crippen LogP contribution in [0.3, 0.4) is 0 Å². The molecule has 154 valence electrons. The molecule has 1 aromatic carbocycles. The Kier molecular flexibility index (Phi) is 6.04. The number of aliphatic carboxylic acids is 1. The number of likely N-dealkylation sites (tertiary alicyclic amines) is 1. The van der Waals surface area contributed by atoms with E-state index < -0.39 is 35.7 Å². The molecule has 3 atom stereocenters. The number of carboxylic acids is 1. The van der Waals surface area contributed by atoms with E-state index in [1.54, 1.807) is 4.90 Å². The van der Waals surface area contributed by atoms with Gasteiger partial charge >= 0.3 is 12.1 Å². The van der Waals surface area contributed by atoms with Crippen molar-refractivity contribution in [1.82, 2.24) is 10.2 Å². The van der Waals surface area contributed by atoms with Crippen LogP contribution < -0.4 is 10.6 Å². The van der Waals surface area contributed by atoms with Gasteiger partial charge in [0.1, 0.15) is 6.04 Å². The molecule has 6 nitrogen and oxygen atoms in total. The second-order valence-corrected chi connectivity index (χ2v) is 7.54. The highest BCUT2D eigenvalue weighted by Crippen LogP contribution is 2.34. The summed E-state index contributed by atoms with van der Waals surface area (Å²) in [6.07, 6.45) is -3.06.